The topological polar surface area (TPSA) is 54.9 Å². The van der Waals surface area contributed by atoms with E-state index in [0.29, 0.717) is 37.7 Å². The van der Waals surface area contributed by atoms with Crippen molar-refractivity contribution in [2.45, 2.75) is 50.9 Å². The van der Waals surface area contributed by atoms with Crippen LogP contribution in [0.1, 0.15) is 43.7 Å². The summed E-state index contributed by atoms with van der Waals surface area (Å²) in [6.07, 6.45) is -2.55. The van der Waals surface area contributed by atoms with Gasteiger partial charge in [0, 0.05) is 26.2 Å². The number of nitrogens with one attached hydrogen (secondary N) is 2. The van der Waals surface area contributed by atoms with Crippen molar-refractivity contribution in [3.63, 3.8) is 0 Å². The number of hydrogen-bond acceptors (Lipinski definition) is 3. The molecular weight excluding hydrogens is 498 g/mol. The van der Waals surface area contributed by atoms with Crippen molar-refractivity contribution >= 4 is 29.9 Å². The van der Waals surface area contributed by atoms with E-state index in [0.717, 1.165) is 19.1 Å². The molecule has 2 N–H and O–H groups in total. The van der Waals surface area contributed by atoms with Crippen LogP contribution in [0.2, 0.25) is 0 Å². The van der Waals surface area contributed by atoms with Gasteiger partial charge in [0.2, 0.25) is 0 Å². The molecule has 1 fully saturated rings. The fraction of sp³-hybridized carbons (Fsp3) is 0.650. The first kappa shape index (κ1) is 26.0. The molecule has 1 aromatic carbocycles. The third-order valence-electron chi connectivity index (χ3n) is 4.73. The van der Waals surface area contributed by atoms with E-state index in [1.54, 1.807) is 13.1 Å². The highest BCUT2D eigenvalue weighted by Crippen LogP contribution is 2.31. The Balaban J connectivity index is 0.00000420. The van der Waals surface area contributed by atoms with E-state index in [-0.39, 0.29) is 42.0 Å². The number of ether oxygens (including phenoxy) is 2. The van der Waals surface area contributed by atoms with Gasteiger partial charge in [-0.25, -0.2) is 0 Å². The van der Waals surface area contributed by atoms with Crippen molar-refractivity contribution in [1.29, 1.82) is 0 Å². The lowest BCUT2D eigenvalue weighted by Crippen LogP contribution is -2.44. The van der Waals surface area contributed by atoms with Crippen LogP contribution in [0.15, 0.2) is 29.3 Å². The van der Waals surface area contributed by atoms with Crippen LogP contribution >= 0.6 is 24.0 Å². The molecule has 2 rings (SSSR count). The molecule has 1 saturated heterocycles. The van der Waals surface area contributed by atoms with E-state index < -0.39 is 11.7 Å². The van der Waals surface area contributed by atoms with Gasteiger partial charge in [-0.3, -0.25) is 4.99 Å². The van der Waals surface area contributed by atoms with E-state index in [9.17, 15) is 13.2 Å². The van der Waals surface area contributed by atoms with E-state index >= 15 is 0 Å². The van der Waals surface area contributed by atoms with Crippen LogP contribution < -0.4 is 10.6 Å². The lowest BCUT2D eigenvalue weighted by Gasteiger charge is -2.20. The van der Waals surface area contributed by atoms with Crippen LogP contribution in [0.25, 0.3) is 0 Å². The van der Waals surface area contributed by atoms with Crippen molar-refractivity contribution in [1.82, 2.24) is 10.6 Å². The number of aliphatic imine (C=N–C) groups is 1. The highest BCUT2D eigenvalue weighted by molar-refractivity contribution is 14.0. The first-order chi connectivity index (χ1) is 13.3. The second kappa shape index (κ2) is 12.6. The number of guanidine groups is 1. The molecule has 3 unspecified atom stereocenters. The van der Waals surface area contributed by atoms with Gasteiger partial charge in [0.05, 0.1) is 24.9 Å². The Hall–Kier alpha value is -1.07. The maximum absolute atomic E-state index is 12.9. The summed E-state index contributed by atoms with van der Waals surface area (Å²) in [5.74, 6) is 0.644. The molecule has 0 aromatic heterocycles. The predicted molar refractivity (Wildman–Crippen MR) is 119 cm³/mol. The number of nitrogens with zero attached hydrogens (tertiary/aromatic N) is 1. The molecule has 1 aliphatic rings. The molecule has 166 valence electrons. The Bertz CT molecular complexity index is 638. The van der Waals surface area contributed by atoms with Gasteiger partial charge in [0.15, 0.2) is 5.96 Å². The van der Waals surface area contributed by atoms with Crippen LogP contribution in [0, 0.1) is 0 Å². The second-order valence-electron chi connectivity index (χ2n) is 7.18. The van der Waals surface area contributed by atoms with Gasteiger partial charge in [-0.05, 0) is 37.3 Å². The molecule has 0 saturated carbocycles. The number of alkyl halides is 3. The van der Waals surface area contributed by atoms with E-state index in [1.165, 1.54) is 12.1 Å². The first-order valence-corrected chi connectivity index (χ1v) is 9.63. The molecule has 0 amide bonds. The molecule has 0 bridgehead atoms. The van der Waals surface area contributed by atoms with Crippen LogP contribution in [0.4, 0.5) is 13.2 Å². The second-order valence-corrected chi connectivity index (χ2v) is 7.18. The van der Waals surface area contributed by atoms with Crippen molar-refractivity contribution in [3.8, 4) is 0 Å². The lowest BCUT2D eigenvalue weighted by molar-refractivity contribution is -0.137. The zero-order valence-corrected chi connectivity index (χ0v) is 19.4. The van der Waals surface area contributed by atoms with Gasteiger partial charge < -0.3 is 20.1 Å². The maximum Gasteiger partial charge on any atom is 0.416 e. The van der Waals surface area contributed by atoms with Gasteiger partial charge in [-0.15, -0.1) is 24.0 Å². The fourth-order valence-electron chi connectivity index (χ4n) is 2.99. The van der Waals surface area contributed by atoms with E-state index in [2.05, 4.69) is 15.6 Å². The molecule has 1 heterocycles. The fourth-order valence-corrected chi connectivity index (χ4v) is 2.99. The van der Waals surface area contributed by atoms with Crippen molar-refractivity contribution in [2.75, 3.05) is 33.4 Å². The van der Waals surface area contributed by atoms with E-state index in [4.69, 9.17) is 9.47 Å². The summed E-state index contributed by atoms with van der Waals surface area (Å²) in [7, 11) is 1.68. The highest BCUT2D eigenvalue weighted by Gasteiger charge is 2.30. The van der Waals surface area contributed by atoms with Crippen LogP contribution in [0.3, 0.4) is 0 Å². The third-order valence-corrected chi connectivity index (χ3v) is 4.73. The van der Waals surface area contributed by atoms with Crippen molar-refractivity contribution in [3.05, 3.63) is 35.4 Å². The minimum absolute atomic E-state index is 0. The van der Waals surface area contributed by atoms with E-state index in [1.807, 2.05) is 13.8 Å². The Morgan fingerprint density at radius 1 is 1.34 bits per heavy atom. The van der Waals surface area contributed by atoms with Gasteiger partial charge in [0.1, 0.15) is 0 Å². The van der Waals surface area contributed by atoms with Gasteiger partial charge in [-0.2, -0.15) is 13.2 Å². The SMILES string of the molecule is CN=C(NCCC(C)c1cccc(C(F)(F)F)c1)NC(C)COC1CCOC1.I. The molecule has 3 atom stereocenters. The monoisotopic (exact) mass is 529 g/mol. The normalized spacial score (nSPS) is 19.4. The van der Waals surface area contributed by atoms with Crippen molar-refractivity contribution < 1.29 is 22.6 Å². The zero-order chi connectivity index (χ0) is 20.6. The average molecular weight is 529 g/mol. The largest absolute Gasteiger partial charge is 0.416 e. The quantitative estimate of drug-likeness (QED) is 0.302. The molecule has 0 aliphatic carbocycles. The van der Waals surface area contributed by atoms with Crippen LogP contribution in [-0.2, 0) is 15.7 Å². The lowest BCUT2D eigenvalue weighted by atomic mass is 9.96. The van der Waals surface area contributed by atoms with Crippen molar-refractivity contribution in [2.24, 2.45) is 4.99 Å². The molecule has 9 heteroatoms. The summed E-state index contributed by atoms with van der Waals surface area (Å²) < 4.78 is 49.7. The average Bonchev–Trinajstić information content (AvgIpc) is 3.18. The number of benzene rings is 1. The third kappa shape index (κ3) is 9.08. The Labute approximate surface area is 187 Å². The summed E-state index contributed by atoms with van der Waals surface area (Å²) in [6.45, 7) is 6.48. The Morgan fingerprint density at radius 3 is 2.72 bits per heavy atom. The van der Waals surface area contributed by atoms with Gasteiger partial charge >= 0.3 is 6.18 Å². The van der Waals surface area contributed by atoms with Crippen LogP contribution in [0.5, 0.6) is 0 Å². The Morgan fingerprint density at radius 2 is 2.10 bits per heavy atom. The number of rotatable bonds is 8. The number of hydrogen-bond donors (Lipinski definition) is 2. The first-order valence-electron chi connectivity index (χ1n) is 9.63. The van der Waals surface area contributed by atoms with Gasteiger partial charge in [-0.1, -0.05) is 25.1 Å². The minimum Gasteiger partial charge on any atom is -0.379 e. The number of halogens is 4. The summed E-state index contributed by atoms with van der Waals surface area (Å²) >= 11 is 0. The molecular formula is C20H31F3IN3O2. The smallest absolute Gasteiger partial charge is 0.379 e. The standard InChI is InChI=1S/C20H30F3N3O2.HI/c1-14(16-5-4-6-17(11-16)20(21,22)23)7-9-25-19(24-3)26-15(2)12-28-18-8-10-27-13-18;/h4-6,11,14-15,18H,7-10,12-13H2,1-3H3,(H2,24,25,26);1H. The van der Waals surface area contributed by atoms with Crippen LogP contribution in [-0.4, -0.2) is 51.5 Å². The predicted octanol–water partition coefficient (Wildman–Crippen LogP) is 4.18. The minimum atomic E-state index is -4.32. The van der Waals surface area contributed by atoms with Gasteiger partial charge in [0.25, 0.3) is 0 Å². The molecule has 0 spiro atoms. The zero-order valence-electron chi connectivity index (χ0n) is 17.1. The molecule has 29 heavy (non-hydrogen) atoms. The summed E-state index contributed by atoms with van der Waals surface area (Å²) in [5, 5.41) is 6.47. The molecule has 1 aromatic rings. The maximum atomic E-state index is 12.9. The highest BCUT2D eigenvalue weighted by atomic mass is 127. The Kier molecular flexibility index (Phi) is 11.3. The summed E-state index contributed by atoms with van der Waals surface area (Å²) in [4.78, 5) is 4.19. The summed E-state index contributed by atoms with van der Waals surface area (Å²) in [6, 6.07) is 5.59. The molecule has 1 aliphatic heterocycles. The molecule has 5 nitrogen and oxygen atoms in total. The summed E-state index contributed by atoms with van der Waals surface area (Å²) in [5.41, 5.74) is 0.0731. The molecule has 0 radical (unpaired) electrons.